The third kappa shape index (κ3) is 4.33. The lowest BCUT2D eigenvalue weighted by Crippen LogP contribution is -2.62. The molecular formula is C11H19NO9. The van der Waals surface area contributed by atoms with Crippen LogP contribution in [0.4, 0.5) is 0 Å². The van der Waals surface area contributed by atoms with Crippen LogP contribution in [0.25, 0.3) is 0 Å². The predicted molar refractivity (Wildman–Crippen MR) is 65.1 cm³/mol. The van der Waals surface area contributed by atoms with E-state index in [-0.39, 0.29) is 13.0 Å². The van der Waals surface area contributed by atoms with Crippen LogP contribution in [0.2, 0.25) is 0 Å². The molecule has 0 spiro atoms. The SMILES string of the molecule is O=C(O)C(CCN[C@@H]1O[C@H](CO)[C@@H](O)[C@H](O)[C@@H]1O)C(=O)O. The van der Waals surface area contributed by atoms with Crippen molar-refractivity contribution in [2.24, 2.45) is 5.92 Å². The number of ether oxygens (including phenoxy) is 1. The van der Waals surface area contributed by atoms with Gasteiger partial charge in [-0.15, -0.1) is 0 Å². The summed E-state index contributed by atoms with van der Waals surface area (Å²) in [6.07, 6.45) is -7.06. The number of carbonyl (C=O) groups is 2. The zero-order chi connectivity index (χ0) is 16.2. The average molecular weight is 309 g/mol. The van der Waals surface area contributed by atoms with Crippen molar-refractivity contribution in [3.8, 4) is 0 Å². The molecule has 122 valence electrons. The topological polar surface area (TPSA) is 177 Å². The normalized spacial score (nSPS) is 33.1. The fourth-order valence-electron chi connectivity index (χ4n) is 1.99. The van der Waals surface area contributed by atoms with Gasteiger partial charge in [0.1, 0.15) is 30.6 Å². The Hall–Kier alpha value is -1.30. The first-order chi connectivity index (χ1) is 9.79. The number of hydrogen-bond acceptors (Lipinski definition) is 8. The van der Waals surface area contributed by atoms with Gasteiger partial charge in [0, 0.05) is 0 Å². The molecule has 10 nitrogen and oxygen atoms in total. The fraction of sp³-hybridized carbons (Fsp3) is 0.818. The lowest BCUT2D eigenvalue weighted by Gasteiger charge is -2.40. The molecule has 1 aliphatic rings. The summed E-state index contributed by atoms with van der Waals surface area (Å²) in [6, 6.07) is 0. The molecule has 7 N–H and O–H groups in total. The van der Waals surface area contributed by atoms with Crippen LogP contribution >= 0.6 is 0 Å². The van der Waals surface area contributed by atoms with E-state index in [0.717, 1.165) is 0 Å². The highest BCUT2D eigenvalue weighted by atomic mass is 16.6. The summed E-state index contributed by atoms with van der Waals surface area (Å²) < 4.78 is 5.12. The second-order valence-electron chi connectivity index (χ2n) is 4.72. The number of nitrogens with one attached hydrogen (secondary N) is 1. The number of aliphatic hydroxyl groups is 4. The number of aliphatic hydroxyl groups excluding tert-OH is 4. The summed E-state index contributed by atoms with van der Waals surface area (Å²) in [5, 5.41) is 57.7. The van der Waals surface area contributed by atoms with Gasteiger partial charge < -0.3 is 35.4 Å². The third-order valence-electron chi connectivity index (χ3n) is 3.27. The standard InChI is InChI=1S/C11H19NO9/c13-3-5-6(14)7(15)8(16)9(21-5)12-2-1-4(10(17)18)11(19)20/h4-9,12-16H,1-3H2,(H,17,18)(H,19,20)/t5-,6-,7+,8+,9-/m1/s1. The van der Waals surface area contributed by atoms with Crippen LogP contribution in [0.15, 0.2) is 0 Å². The summed E-state index contributed by atoms with van der Waals surface area (Å²) in [5.41, 5.74) is 0. The molecular weight excluding hydrogens is 290 g/mol. The zero-order valence-corrected chi connectivity index (χ0v) is 11.0. The lowest BCUT2D eigenvalue weighted by atomic mass is 9.98. The van der Waals surface area contributed by atoms with Gasteiger partial charge in [-0.05, 0) is 13.0 Å². The van der Waals surface area contributed by atoms with Gasteiger partial charge in [0.15, 0.2) is 5.92 Å². The fourth-order valence-corrected chi connectivity index (χ4v) is 1.99. The Morgan fingerprint density at radius 2 is 1.62 bits per heavy atom. The van der Waals surface area contributed by atoms with E-state index in [1.54, 1.807) is 0 Å². The summed E-state index contributed by atoms with van der Waals surface area (Å²) in [7, 11) is 0. The Balaban J connectivity index is 2.54. The van der Waals surface area contributed by atoms with E-state index in [1.807, 2.05) is 0 Å². The second-order valence-corrected chi connectivity index (χ2v) is 4.72. The van der Waals surface area contributed by atoms with Gasteiger partial charge in [0.2, 0.25) is 0 Å². The Labute approximate surface area is 119 Å². The monoisotopic (exact) mass is 309 g/mol. The molecule has 10 heteroatoms. The number of carboxylic acid groups (broad SMARTS) is 2. The van der Waals surface area contributed by atoms with Crippen molar-refractivity contribution in [3.05, 3.63) is 0 Å². The summed E-state index contributed by atoms with van der Waals surface area (Å²) in [4.78, 5) is 21.4. The van der Waals surface area contributed by atoms with E-state index < -0.39 is 55.1 Å². The van der Waals surface area contributed by atoms with E-state index in [0.29, 0.717) is 0 Å². The maximum atomic E-state index is 10.7. The van der Waals surface area contributed by atoms with Crippen molar-refractivity contribution in [2.45, 2.75) is 37.1 Å². The molecule has 5 atom stereocenters. The first-order valence-corrected chi connectivity index (χ1v) is 6.29. The number of rotatable bonds is 7. The third-order valence-corrected chi connectivity index (χ3v) is 3.27. The number of aliphatic carboxylic acids is 2. The summed E-state index contributed by atoms with van der Waals surface area (Å²) in [5.74, 6) is -4.58. The first-order valence-electron chi connectivity index (χ1n) is 6.29. The molecule has 0 aromatic rings. The minimum atomic E-state index is -1.61. The molecule has 0 radical (unpaired) electrons. The van der Waals surface area contributed by atoms with Crippen molar-refractivity contribution in [3.63, 3.8) is 0 Å². The second kappa shape index (κ2) is 7.64. The maximum Gasteiger partial charge on any atom is 0.317 e. The van der Waals surface area contributed by atoms with E-state index >= 15 is 0 Å². The number of carboxylic acids is 2. The molecule has 0 unspecified atom stereocenters. The lowest BCUT2D eigenvalue weighted by molar-refractivity contribution is -0.236. The van der Waals surface area contributed by atoms with Crippen LogP contribution < -0.4 is 5.32 Å². The predicted octanol–water partition coefficient (Wildman–Crippen LogP) is -3.45. The smallest absolute Gasteiger partial charge is 0.317 e. The molecule has 1 fully saturated rings. The molecule has 1 aliphatic heterocycles. The molecule has 0 amide bonds. The van der Waals surface area contributed by atoms with Crippen molar-refractivity contribution in [1.29, 1.82) is 0 Å². The largest absolute Gasteiger partial charge is 0.481 e. The van der Waals surface area contributed by atoms with Gasteiger partial charge in [-0.1, -0.05) is 0 Å². The Morgan fingerprint density at radius 3 is 2.10 bits per heavy atom. The Bertz CT molecular complexity index is 361. The Morgan fingerprint density at radius 1 is 1.05 bits per heavy atom. The van der Waals surface area contributed by atoms with E-state index in [2.05, 4.69) is 5.32 Å². The van der Waals surface area contributed by atoms with Gasteiger partial charge >= 0.3 is 11.9 Å². The average Bonchev–Trinajstić information content (AvgIpc) is 2.42. The molecule has 0 bridgehead atoms. The Kier molecular flexibility index (Phi) is 6.45. The molecule has 1 rings (SSSR count). The van der Waals surface area contributed by atoms with Gasteiger partial charge in [-0.25, -0.2) is 0 Å². The van der Waals surface area contributed by atoms with Gasteiger partial charge in [0.05, 0.1) is 6.61 Å². The molecule has 0 aliphatic carbocycles. The van der Waals surface area contributed by atoms with E-state index in [1.165, 1.54) is 0 Å². The van der Waals surface area contributed by atoms with Crippen molar-refractivity contribution >= 4 is 11.9 Å². The van der Waals surface area contributed by atoms with Crippen LogP contribution in [0.5, 0.6) is 0 Å². The van der Waals surface area contributed by atoms with Crippen LogP contribution in [-0.4, -0.2) is 86.4 Å². The molecule has 0 aromatic heterocycles. The molecule has 21 heavy (non-hydrogen) atoms. The first kappa shape index (κ1) is 17.8. The van der Waals surface area contributed by atoms with Crippen molar-refractivity contribution in [1.82, 2.24) is 5.32 Å². The van der Waals surface area contributed by atoms with Crippen molar-refractivity contribution < 1.29 is 45.0 Å². The number of hydrogen-bond donors (Lipinski definition) is 7. The highest BCUT2D eigenvalue weighted by Crippen LogP contribution is 2.19. The zero-order valence-electron chi connectivity index (χ0n) is 11.0. The molecule has 1 heterocycles. The molecule has 1 saturated heterocycles. The highest BCUT2D eigenvalue weighted by molar-refractivity contribution is 5.92. The van der Waals surface area contributed by atoms with Gasteiger partial charge in [0.25, 0.3) is 0 Å². The minimum absolute atomic E-state index is 0.119. The maximum absolute atomic E-state index is 10.7. The van der Waals surface area contributed by atoms with Crippen LogP contribution in [-0.2, 0) is 14.3 Å². The van der Waals surface area contributed by atoms with Crippen LogP contribution in [0.1, 0.15) is 6.42 Å². The van der Waals surface area contributed by atoms with Crippen LogP contribution in [0, 0.1) is 5.92 Å². The molecule has 0 aromatic carbocycles. The quantitative estimate of drug-likeness (QED) is 0.234. The van der Waals surface area contributed by atoms with Crippen molar-refractivity contribution in [2.75, 3.05) is 13.2 Å². The van der Waals surface area contributed by atoms with Gasteiger partial charge in [-0.3, -0.25) is 14.9 Å². The summed E-state index contributed by atoms with van der Waals surface area (Å²) >= 11 is 0. The van der Waals surface area contributed by atoms with Gasteiger partial charge in [-0.2, -0.15) is 0 Å². The van der Waals surface area contributed by atoms with E-state index in [4.69, 9.17) is 20.1 Å². The van der Waals surface area contributed by atoms with Crippen LogP contribution in [0.3, 0.4) is 0 Å². The highest BCUT2D eigenvalue weighted by Gasteiger charge is 2.43. The van der Waals surface area contributed by atoms with E-state index in [9.17, 15) is 24.9 Å². The molecule has 0 saturated carbocycles. The summed E-state index contributed by atoms with van der Waals surface area (Å²) in [6.45, 7) is -0.706. The minimum Gasteiger partial charge on any atom is -0.481 e.